The van der Waals surface area contributed by atoms with E-state index in [1.165, 1.54) is 6.42 Å². The maximum atomic E-state index is 11.6. The lowest BCUT2D eigenvalue weighted by Gasteiger charge is -2.42. The Balaban J connectivity index is 1.91. The first kappa shape index (κ1) is 10.1. The lowest BCUT2D eigenvalue weighted by Crippen LogP contribution is -2.47. The Morgan fingerprint density at radius 2 is 2.21 bits per heavy atom. The van der Waals surface area contributed by atoms with Crippen LogP contribution in [0.15, 0.2) is 0 Å². The quantitative estimate of drug-likeness (QED) is 0.739. The molecule has 1 heterocycles. The third kappa shape index (κ3) is 1.84. The summed E-state index contributed by atoms with van der Waals surface area (Å²) in [5, 5.41) is 9.26. The highest BCUT2D eigenvalue weighted by Crippen LogP contribution is 2.37. The second-order valence-corrected chi connectivity index (χ2v) is 4.76. The Kier molecular flexibility index (Phi) is 2.88. The molecular formula is C11H18O3. The molecule has 1 atom stereocenters. The van der Waals surface area contributed by atoms with Crippen molar-refractivity contribution in [2.75, 3.05) is 19.8 Å². The van der Waals surface area contributed by atoms with Crippen molar-refractivity contribution in [3.8, 4) is 0 Å². The number of aliphatic hydroxyl groups is 1. The summed E-state index contributed by atoms with van der Waals surface area (Å²) in [6.45, 7) is 1.43. The minimum atomic E-state index is -0.0856. The molecule has 0 spiro atoms. The van der Waals surface area contributed by atoms with Gasteiger partial charge in [0.1, 0.15) is 5.78 Å². The number of Topliss-reactive ketones (excluding diaryl/α,β-unsaturated/α-hetero) is 1. The first-order valence-electron chi connectivity index (χ1n) is 5.47. The van der Waals surface area contributed by atoms with Crippen molar-refractivity contribution in [1.29, 1.82) is 0 Å². The van der Waals surface area contributed by atoms with E-state index < -0.39 is 0 Å². The van der Waals surface area contributed by atoms with Crippen LogP contribution in [0.2, 0.25) is 0 Å². The molecule has 2 fully saturated rings. The number of ketones is 1. The van der Waals surface area contributed by atoms with Crippen molar-refractivity contribution in [3.05, 3.63) is 0 Å². The summed E-state index contributed by atoms with van der Waals surface area (Å²) >= 11 is 0. The molecular weight excluding hydrogens is 180 g/mol. The van der Waals surface area contributed by atoms with Crippen LogP contribution in [0, 0.1) is 11.3 Å². The monoisotopic (exact) mass is 198 g/mol. The standard InChI is InChI=1S/C11H18O3/c12-6-11(7-14-8-11)5-9-3-1-2-4-10(9)13/h9,12H,1-8H2. The smallest absolute Gasteiger partial charge is 0.136 e. The van der Waals surface area contributed by atoms with Crippen LogP contribution in [0.1, 0.15) is 32.1 Å². The molecule has 1 aliphatic heterocycles. The summed E-state index contributed by atoms with van der Waals surface area (Å²) < 4.78 is 5.13. The van der Waals surface area contributed by atoms with Gasteiger partial charge in [-0.1, -0.05) is 6.42 Å². The second-order valence-electron chi connectivity index (χ2n) is 4.76. The molecule has 0 aromatic carbocycles. The molecule has 1 saturated carbocycles. The van der Waals surface area contributed by atoms with Crippen LogP contribution < -0.4 is 0 Å². The molecule has 0 amide bonds. The van der Waals surface area contributed by atoms with Gasteiger partial charge in [0.05, 0.1) is 19.8 Å². The van der Waals surface area contributed by atoms with Gasteiger partial charge in [-0.3, -0.25) is 4.79 Å². The maximum absolute atomic E-state index is 11.6. The van der Waals surface area contributed by atoms with Crippen molar-refractivity contribution in [2.24, 2.45) is 11.3 Å². The van der Waals surface area contributed by atoms with Gasteiger partial charge in [-0.05, 0) is 19.3 Å². The van der Waals surface area contributed by atoms with Crippen LogP contribution in [-0.2, 0) is 9.53 Å². The Morgan fingerprint density at radius 3 is 2.71 bits per heavy atom. The molecule has 2 aliphatic rings. The van der Waals surface area contributed by atoms with Gasteiger partial charge in [0.2, 0.25) is 0 Å². The van der Waals surface area contributed by atoms with Crippen molar-refractivity contribution < 1.29 is 14.6 Å². The average Bonchev–Trinajstić information content (AvgIpc) is 2.14. The summed E-state index contributed by atoms with van der Waals surface area (Å²) in [6, 6.07) is 0. The van der Waals surface area contributed by atoms with Gasteiger partial charge in [0, 0.05) is 17.8 Å². The van der Waals surface area contributed by atoms with Gasteiger partial charge < -0.3 is 9.84 Å². The molecule has 1 unspecified atom stereocenters. The average molecular weight is 198 g/mol. The lowest BCUT2D eigenvalue weighted by molar-refractivity contribution is -0.154. The number of hydrogen-bond acceptors (Lipinski definition) is 3. The van der Waals surface area contributed by atoms with Crippen LogP contribution in [-0.4, -0.2) is 30.7 Å². The number of ether oxygens (including phenoxy) is 1. The number of aliphatic hydroxyl groups excluding tert-OH is 1. The normalized spacial score (nSPS) is 31.2. The highest BCUT2D eigenvalue weighted by Gasteiger charge is 2.41. The summed E-state index contributed by atoms with van der Waals surface area (Å²) in [7, 11) is 0. The number of hydrogen-bond donors (Lipinski definition) is 1. The van der Waals surface area contributed by atoms with Crippen LogP contribution >= 0.6 is 0 Å². The van der Waals surface area contributed by atoms with Gasteiger partial charge in [-0.25, -0.2) is 0 Å². The number of rotatable bonds is 3. The van der Waals surface area contributed by atoms with E-state index in [1.807, 2.05) is 0 Å². The molecule has 1 saturated heterocycles. The van der Waals surface area contributed by atoms with Gasteiger partial charge >= 0.3 is 0 Å². The van der Waals surface area contributed by atoms with E-state index >= 15 is 0 Å². The first-order chi connectivity index (χ1) is 6.76. The van der Waals surface area contributed by atoms with Crippen molar-refractivity contribution in [2.45, 2.75) is 32.1 Å². The lowest BCUT2D eigenvalue weighted by atomic mass is 9.73. The Morgan fingerprint density at radius 1 is 1.43 bits per heavy atom. The van der Waals surface area contributed by atoms with Gasteiger partial charge in [-0.2, -0.15) is 0 Å². The van der Waals surface area contributed by atoms with E-state index in [1.54, 1.807) is 0 Å². The zero-order chi connectivity index (χ0) is 10.0. The van der Waals surface area contributed by atoms with E-state index in [2.05, 4.69) is 0 Å². The fourth-order valence-corrected chi connectivity index (χ4v) is 2.46. The van der Waals surface area contributed by atoms with Crippen LogP contribution in [0.25, 0.3) is 0 Å². The van der Waals surface area contributed by atoms with E-state index in [0.717, 1.165) is 25.7 Å². The van der Waals surface area contributed by atoms with Crippen LogP contribution in [0.4, 0.5) is 0 Å². The molecule has 1 aliphatic carbocycles. The van der Waals surface area contributed by atoms with Crippen molar-refractivity contribution in [1.82, 2.24) is 0 Å². The highest BCUT2D eigenvalue weighted by molar-refractivity contribution is 5.81. The molecule has 0 bridgehead atoms. The van der Waals surface area contributed by atoms with E-state index in [0.29, 0.717) is 19.0 Å². The third-order valence-electron chi connectivity index (χ3n) is 3.51. The summed E-state index contributed by atoms with van der Waals surface area (Å²) in [5.74, 6) is 0.593. The Hall–Kier alpha value is -0.410. The largest absolute Gasteiger partial charge is 0.396 e. The Labute approximate surface area is 84.4 Å². The molecule has 3 nitrogen and oxygen atoms in total. The van der Waals surface area contributed by atoms with Crippen molar-refractivity contribution in [3.63, 3.8) is 0 Å². The third-order valence-corrected chi connectivity index (χ3v) is 3.51. The van der Waals surface area contributed by atoms with Gasteiger partial charge in [0.25, 0.3) is 0 Å². The highest BCUT2D eigenvalue weighted by atomic mass is 16.5. The van der Waals surface area contributed by atoms with Gasteiger partial charge in [-0.15, -0.1) is 0 Å². The molecule has 3 heteroatoms. The first-order valence-corrected chi connectivity index (χ1v) is 5.47. The second kappa shape index (κ2) is 3.99. The predicted molar refractivity (Wildman–Crippen MR) is 51.9 cm³/mol. The summed E-state index contributed by atoms with van der Waals surface area (Å²) in [5.41, 5.74) is -0.0856. The molecule has 0 radical (unpaired) electrons. The SMILES string of the molecule is O=C1CCCCC1CC1(CO)COC1. The molecule has 80 valence electrons. The predicted octanol–water partition coefficient (Wildman–Crippen LogP) is 1.14. The molecule has 0 aromatic rings. The molecule has 14 heavy (non-hydrogen) atoms. The summed E-state index contributed by atoms with van der Waals surface area (Å²) in [6.07, 6.45) is 4.81. The fraction of sp³-hybridized carbons (Fsp3) is 0.909. The minimum Gasteiger partial charge on any atom is -0.396 e. The maximum Gasteiger partial charge on any atom is 0.136 e. The minimum absolute atomic E-state index is 0.0856. The van der Waals surface area contributed by atoms with Gasteiger partial charge in [0.15, 0.2) is 0 Å². The Bertz CT molecular complexity index is 215. The van der Waals surface area contributed by atoms with Crippen molar-refractivity contribution >= 4 is 5.78 Å². The molecule has 2 rings (SSSR count). The fourth-order valence-electron chi connectivity index (χ4n) is 2.46. The van der Waals surface area contributed by atoms with E-state index in [4.69, 9.17) is 4.74 Å². The molecule has 0 aromatic heterocycles. The number of carbonyl (C=O) groups is 1. The van der Waals surface area contributed by atoms with E-state index in [9.17, 15) is 9.90 Å². The van der Waals surface area contributed by atoms with E-state index in [-0.39, 0.29) is 17.9 Å². The summed E-state index contributed by atoms with van der Waals surface area (Å²) in [4.78, 5) is 11.6. The zero-order valence-corrected chi connectivity index (χ0v) is 8.50. The van der Waals surface area contributed by atoms with Crippen LogP contribution in [0.3, 0.4) is 0 Å². The molecule has 1 N–H and O–H groups in total. The number of carbonyl (C=O) groups excluding carboxylic acids is 1. The topological polar surface area (TPSA) is 46.5 Å². The zero-order valence-electron chi connectivity index (χ0n) is 8.50. The van der Waals surface area contributed by atoms with Crippen LogP contribution in [0.5, 0.6) is 0 Å².